The molecule has 6 heterocycles. The maximum atomic E-state index is 13.6. The number of aromatic nitrogens is 5. The fourth-order valence-electron chi connectivity index (χ4n) is 4.69. The summed E-state index contributed by atoms with van der Waals surface area (Å²) < 4.78 is 35.9. The number of aliphatic hydroxyl groups is 1. The van der Waals surface area contributed by atoms with Crippen molar-refractivity contribution in [3.8, 4) is 11.3 Å². The maximum Gasteiger partial charge on any atom is 0.287 e. The van der Waals surface area contributed by atoms with Gasteiger partial charge < -0.3 is 33.2 Å². The van der Waals surface area contributed by atoms with Crippen LogP contribution in [0.2, 0.25) is 0 Å². The lowest BCUT2D eigenvalue weighted by Gasteiger charge is -2.34. The average Bonchev–Trinajstić information content (AvgIpc) is 3.66. The van der Waals surface area contributed by atoms with Crippen molar-refractivity contribution in [3.63, 3.8) is 0 Å². The molecular formula is C23H19N5O8PS-. The number of nitrogens with one attached hydrogen (secondary N) is 1. The summed E-state index contributed by atoms with van der Waals surface area (Å²) in [5.74, 6) is 0.885. The van der Waals surface area contributed by atoms with Crippen molar-refractivity contribution < 1.29 is 32.8 Å². The highest BCUT2D eigenvalue weighted by Crippen LogP contribution is 2.50. The van der Waals surface area contributed by atoms with Gasteiger partial charge in [-0.2, -0.15) is 4.98 Å². The molecule has 13 nitrogen and oxygen atoms in total. The predicted molar refractivity (Wildman–Crippen MR) is 130 cm³/mol. The monoisotopic (exact) mass is 556 g/mol. The molecule has 2 aliphatic heterocycles. The number of fused-ring (bicyclic) bond motifs is 3. The third-order valence-corrected chi connectivity index (χ3v) is 8.61. The van der Waals surface area contributed by atoms with Crippen molar-refractivity contribution in [2.45, 2.75) is 41.5 Å². The molecule has 0 spiro atoms. The summed E-state index contributed by atoms with van der Waals surface area (Å²) in [6, 6.07) is 11.2. The van der Waals surface area contributed by atoms with Gasteiger partial charge in [-0.1, -0.05) is 30.3 Å². The van der Waals surface area contributed by atoms with E-state index in [-0.39, 0.29) is 23.5 Å². The van der Waals surface area contributed by atoms with Crippen LogP contribution in [0, 0.1) is 6.92 Å². The van der Waals surface area contributed by atoms with Crippen LogP contribution in [0.5, 0.6) is 0 Å². The van der Waals surface area contributed by atoms with E-state index < -0.39 is 37.9 Å². The van der Waals surface area contributed by atoms with Gasteiger partial charge in [-0.15, -0.1) is 0 Å². The number of hydrogen-bond acceptors (Lipinski definition) is 11. The molecular weight excluding hydrogens is 537 g/mol. The van der Waals surface area contributed by atoms with E-state index in [0.29, 0.717) is 16.6 Å². The Morgan fingerprint density at radius 1 is 1.24 bits per heavy atom. The van der Waals surface area contributed by atoms with E-state index in [0.717, 1.165) is 10.5 Å². The van der Waals surface area contributed by atoms with Crippen LogP contribution in [0.4, 0.5) is 0 Å². The number of nitrogens with zero attached hydrogens (tertiary/aromatic N) is 4. The number of rotatable bonds is 4. The quantitative estimate of drug-likeness (QED) is 0.311. The first-order valence-electron chi connectivity index (χ1n) is 11.6. The third kappa shape index (κ3) is 3.76. The lowest BCUT2D eigenvalue weighted by Crippen LogP contribution is -2.41. The van der Waals surface area contributed by atoms with Gasteiger partial charge in [-0.25, -0.2) is 9.38 Å². The van der Waals surface area contributed by atoms with Gasteiger partial charge in [0.05, 0.1) is 23.5 Å². The molecule has 0 saturated carbocycles. The summed E-state index contributed by atoms with van der Waals surface area (Å²) in [6.07, 6.45) is -1.46. The van der Waals surface area contributed by atoms with Crippen LogP contribution in [0.15, 0.2) is 68.1 Å². The first-order chi connectivity index (χ1) is 18.3. The van der Waals surface area contributed by atoms with Gasteiger partial charge in [-0.05, 0) is 30.3 Å². The molecule has 2 N–H and O–H groups in total. The van der Waals surface area contributed by atoms with Crippen LogP contribution >= 0.6 is 19.6 Å². The van der Waals surface area contributed by atoms with Gasteiger partial charge in [0, 0.05) is 6.20 Å². The minimum Gasteiger partial charge on any atom is -0.756 e. The summed E-state index contributed by atoms with van der Waals surface area (Å²) in [6.45, 7) is 1.47. The van der Waals surface area contributed by atoms with Crippen LogP contribution in [0.25, 0.3) is 28.2 Å². The molecule has 15 heteroatoms. The molecule has 196 valence electrons. The summed E-state index contributed by atoms with van der Waals surface area (Å²) >= 11 is 1.19. The maximum absolute atomic E-state index is 13.6. The molecule has 0 amide bonds. The molecule has 7 rings (SSSR count). The number of furan rings is 1. The smallest absolute Gasteiger partial charge is 0.287 e. The Balaban J connectivity index is 1.41. The van der Waals surface area contributed by atoms with Crippen molar-refractivity contribution in [2.75, 3.05) is 6.61 Å². The molecule has 5 aromatic rings. The molecule has 2 aliphatic rings. The molecule has 38 heavy (non-hydrogen) atoms. The van der Waals surface area contributed by atoms with Gasteiger partial charge in [0.15, 0.2) is 22.5 Å². The zero-order valence-corrected chi connectivity index (χ0v) is 21.3. The van der Waals surface area contributed by atoms with Crippen LogP contribution in [-0.2, 0) is 18.3 Å². The minimum absolute atomic E-state index is 0.0436. The SMILES string of the molecule is Cc1occc1Sc1nc2c(=O)n3cc(-c4ccccc4)[nH]c3nc2n1[C@@H]1OC2COP(=O)([O-])O[C@H]2C1O. The number of benzene rings is 1. The molecule has 0 aliphatic carbocycles. The molecule has 0 bridgehead atoms. The molecule has 2 saturated heterocycles. The normalized spacial score (nSPS) is 27.3. The lowest BCUT2D eigenvalue weighted by atomic mass is 10.1. The summed E-state index contributed by atoms with van der Waals surface area (Å²) in [7, 11) is -4.58. The first-order valence-corrected chi connectivity index (χ1v) is 13.8. The van der Waals surface area contributed by atoms with Crippen LogP contribution in [0.3, 0.4) is 0 Å². The van der Waals surface area contributed by atoms with Gasteiger partial charge in [0.1, 0.15) is 24.1 Å². The van der Waals surface area contributed by atoms with E-state index in [9.17, 15) is 19.4 Å². The molecule has 1 aromatic carbocycles. The Hall–Kier alpha value is -3.23. The summed E-state index contributed by atoms with van der Waals surface area (Å²) in [5, 5.41) is 11.4. The Labute approximate surface area is 217 Å². The predicted octanol–water partition coefficient (Wildman–Crippen LogP) is 2.23. The Kier molecular flexibility index (Phi) is 5.43. The van der Waals surface area contributed by atoms with Crippen molar-refractivity contribution in [1.29, 1.82) is 0 Å². The Bertz CT molecular complexity index is 1800. The highest BCUT2D eigenvalue weighted by molar-refractivity contribution is 7.99. The minimum atomic E-state index is -4.58. The highest BCUT2D eigenvalue weighted by atomic mass is 32.2. The fourth-order valence-corrected chi connectivity index (χ4v) is 6.58. The molecule has 2 fully saturated rings. The van der Waals surface area contributed by atoms with Gasteiger partial charge in [0.25, 0.3) is 13.4 Å². The zero-order valence-electron chi connectivity index (χ0n) is 19.6. The topological polar surface area (TPSA) is 169 Å². The second-order valence-electron chi connectivity index (χ2n) is 8.89. The zero-order chi connectivity index (χ0) is 26.2. The van der Waals surface area contributed by atoms with E-state index in [2.05, 4.69) is 15.0 Å². The lowest BCUT2D eigenvalue weighted by molar-refractivity contribution is -0.245. The molecule has 3 unspecified atom stereocenters. The van der Waals surface area contributed by atoms with E-state index in [1.165, 1.54) is 27.0 Å². The van der Waals surface area contributed by atoms with E-state index >= 15 is 0 Å². The number of imidazole rings is 2. The number of phosphoric ester groups is 1. The van der Waals surface area contributed by atoms with Crippen molar-refractivity contribution >= 4 is 36.5 Å². The van der Waals surface area contributed by atoms with Crippen molar-refractivity contribution in [3.05, 3.63) is 65.0 Å². The summed E-state index contributed by atoms with van der Waals surface area (Å²) in [5.41, 5.74) is 1.30. The third-order valence-electron chi connectivity index (χ3n) is 6.53. The standard InChI is InChI=1S/C23H20N5O8PS/c1-11-15(7-8-33-11)38-23-25-16-19(28(23)21-17(29)18-14(35-21)10-34-37(31,32)36-18)26-22-24-13(9-27(22)20(16)30)12-5-3-2-4-6-12/h2-9,14,17-18,21,29H,10H2,1H3,(H,24,26)(H,31,32)/p-1/t14?,17?,18-,21-/m1/s1. The number of ether oxygens (including phenoxy) is 1. The van der Waals surface area contributed by atoms with Gasteiger partial charge in [-0.3, -0.25) is 13.9 Å². The van der Waals surface area contributed by atoms with Crippen molar-refractivity contribution in [1.82, 2.24) is 23.9 Å². The van der Waals surface area contributed by atoms with E-state index in [1.807, 2.05) is 30.3 Å². The number of aromatic amines is 1. The van der Waals surface area contributed by atoms with Crippen molar-refractivity contribution in [2.24, 2.45) is 0 Å². The summed E-state index contributed by atoms with van der Waals surface area (Å²) in [4.78, 5) is 38.6. The Morgan fingerprint density at radius 2 is 2.05 bits per heavy atom. The van der Waals surface area contributed by atoms with Gasteiger partial charge in [0.2, 0.25) is 5.78 Å². The van der Waals surface area contributed by atoms with Crippen LogP contribution in [-0.4, -0.2) is 53.9 Å². The average molecular weight is 556 g/mol. The fraction of sp³-hybridized carbons (Fsp3) is 0.261. The number of phosphoric acid groups is 1. The first kappa shape index (κ1) is 23.9. The highest BCUT2D eigenvalue weighted by Gasteiger charge is 2.51. The Morgan fingerprint density at radius 3 is 2.82 bits per heavy atom. The number of aliphatic hydroxyl groups excluding tert-OH is 1. The number of H-pyrrole nitrogens is 1. The molecule has 0 radical (unpaired) electrons. The number of aryl methyl sites for hydroxylation is 1. The van der Waals surface area contributed by atoms with E-state index in [4.69, 9.17) is 18.2 Å². The second kappa shape index (κ2) is 8.64. The second-order valence-corrected chi connectivity index (χ2v) is 11.3. The molecule has 5 atom stereocenters. The van der Waals surface area contributed by atoms with Crippen LogP contribution in [0.1, 0.15) is 12.0 Å². The molecule has 4 aromatic heterocycles. The van der Waals surface area contributed by atoms with Gasteiger partial charge >= 0.3 is 0 Å². The number of hydrogen-bond donors (Lipinski definition) is 2. The van der Waals surface area contributed by atoms with Crippen LogP contribution < -0.4 is 10.5 Å². The van der Waals surface area contributed by atoms with E-state index in [1.54, 1.807) is 19.2 Å². The largest absolute Gasteiger partial charge is 0.756 e.